The molecule has 0 aliphatic rings. The molecule has 5 rings (SSSR count). The Morgan fingerprint density at radius 2 is 1.81 bits per heavy atom. The van der Waals surface area contributed by atoms with Crippen LogP contribution < -0.4 is 5.32 Å². The number of ether oxygens (including phenoxy) is 1. The number of methoxy groups -OCH3 is 1. The van der Waals surface area contributed by atoms with Crippen LogP contribution in [0.1, 0.15) is 112 Å². The third kappa shape index (κ3) is 9.35. The van der Waals surface area contributed by atoms with Gasteiger partial charge in [-0.2, -0.15) is 10.2 Å². The molecule has 9 nitrogen and oxygen atoms in total. The SMILES string of the molecule is CCCCCCCC/C=C\CC(OC)C(CCCCCc1[nH]ncc1NC(=O)c1cnn2cccnc12)c1nccc2ccccc12. The normalized spacial score (nSPS) is 13.1. The number of aromatic nitrogens is 6. The molecule has 0 spiro atoms. The topological polar surface area (TPSA) is 110 Å². The van der Waals surface area contributed by atoms with Crippen LogP contribution in [-0.4, -0.2) is 48.9 Å². The van der Waals surface area contributed by atoms with E-state index in [1.807, 2.05) is 13.3 Å². The first kappa shape index (κ1) is 34.0. The lowest BCUT2D eigenvalue weighted by Crippen LogP contribution is -2.22. The number of nitrogens with one attached hydrogen (secondary N) is 2. The molecule has 0 saturated heterocycles. The molecule has 0 radical (unpaired) electrons. The number of carbonyl (C=O) groups is 1. The minimum absolute atomic E-state index is 0.0537. The monoisotopic (exact) mass is 635 g/mol. The number of allylic oxidation sites excluding steroid dienone is 1. The van der Waals surface area contributed by atoms with Gasteiger partial charge >= 0.3 is 0 Å². The number of hydrogen-bond acceptors (Lipinski definition) is 6. The predicted molar refractivity (Wildman–Crippen MR) is 189 cm³/mol. The Kier molecular flexibility index (Phi) is 13.1. The molecular formula is C38H49N7O2. The van der Waals surface area contributed by atoms with E-state index < -0.39 is 0 Å². The van der Waals surface area contributed by atoms with E-state index in [1.165, 1.54) is 55.5 Å². The number of anilines is 1. The molecule has 0 saturated carbocycles. The quantitative estimate of drug-likeness (QED) is 0.0653. The number of aromatic amines is 1. The lowest BCUT2D eigenvalue weighted by atomic mass is 9.87. The van der Waals surface area contributed by atoms with Crippen LogP contribution in [0.3, 0.4) is 0 Å². The van der Waals surface area contributed by atoms with Crippen LogP contribution in [0.5, 0.6) is 0 Å². The number of carbonyl (C=O) groups excluding carboxylic acids is 1. The average molecular weight is 636 g/mol. The summed E-state index contributed by atoms with van der Waals surface area (Å²) in [6, 6.07) is 12.4. The Hall–Kier alpha value is -4.37. The van der Waals surface area contributed by atoms with Crippen molar-refractivity contribution in [1.29, 1.82) is 0 Å². The molecule has 5 aromatic rings. The molecule has 1 aromatic carbocycles. The Morgan fingerprint density at radius 1 is 0.957 bits per heavy atom. The summed E-state index contributed by atoms with van der Waals surface area (Å²) < 4.78 is 7.75. The fraction of sp³-hybridized carbons (Fsp3) is 0.447. The molecule has 2 unspecified atom stereocenters. The van der Waals surface area contributed by atoms with Crippen LogP contribution in [0.2, 0.25) is 0 Å². The van der Waals surface area contributed by atoms with Gasteiger partial charge in [0.25, 0.3) is 5.91 Å². The van der Waals surface area contributed by atoms with E-state index in [-0.39, 0.29) is 17.9 Å². The second-order valence-corrected chi connectivity index (χ2v) is 12.3. The molecule has 1 amide bonds. The van der Waals surface area contributed by atoms with E-state index in [4.69, 9.17) is 9.72 Å². The standard InChI is InChI=1S/C38H49N7O2/c1-3-4-5-6-7-8-9-10-14-22-35(47-2)31(36-30-19-16-15-18-29(30)23-25-39-36)20-12-11-13-21-33-34(28-41-44-33)43-38(46)32-27-42-45-26-17-24-40-37(32)45/h10,14-19,23-28,31,35H,3-9,11-13,20-22H2,1-2H3,(H,41,44)(H,43,46)/b14-10-. The second kappa shape index (κ2) is 18.1. The van der Waals surface area contributed by atoms with Crippen LogP contribution in [0.15, 0.2) is 79.5 Å². The summed E-state index contributed by atoms with van der Waals surface area (Å²) in [4.78, 5) is 22.2. The Labute approximate surface area is 278 Å². The highest BCUT2D eigenvalue weighted by molar-refractivity contribution is 6.08. The zero-order valence-electron chi connectivity index (χ0n) is 27.9. The number of unbranched alkanes of at least 4 members (excludes halogenated alkanes) is 8. The molecule has 47 heavy (non-hydrogen) atoms. The number of pyridine rings is 1. The highest BCUT2D eigenvalue weighted by Crippen LogP contribution is 2.33. The van der Waals surface area contributed by atoms with Gasteiger partial charge in [0.05, 0.1) is 35.6 Å². The number of H-pyrrole nitrogens is 1. The zero-order chi connectivity index (χ0) is 32.7. The minimum atomic E-state index is -0.251. The maximum Gasteiger partial charge on any atom is 0.261 e. The number of aryl methyl sites for hydroxylation is 1. The lowest BCUT2D eigenvalue weighted by molar-refractivity contribution is 0.0766. The first-order valence-electron chi connectivity index (χ1n) is 17.3. The largest absolute Gasteiger partial charge is 0.380 e. The first-order valence-corrected chi connectivity index (χ1v) is 17.3. The molecule has 4 heterocycles. The number of fused-ring (bicyclic) bond motifs is 2. The third-order valence-electron chi connectivity index (χ3n) is 9.00. The van der Waals surface area contributed by atoms with Gasteiger partial charge in [0.1, 0.15) is 5.56 Å². The number of nitrogens with zero attached hydrogens (tertiary/aromatic N) is 5. The van der Waals surface area contributed by atoms with Crippen molar-refractivity contribution in [3.05, 3.63) is 96.5 Å². The number of benzene rings is 1. The molecule has 9 heteroatoms. The van der Waals surface area contributed by atoms with Gasteiger partial charge in [-0.3, -0.25) is 14.9 Å². The van der Waals surface area contributed by atoms with Crippen LogP contribution in [-0.2, 0) is 11.2 Å². The van der Waals surface area contributed by atoms with Crippen LogP contribution >= 0.6 is 0 Å². The van der Waals surface area contributed by atoms with Crippen molar-refractivity contribution in [2.45, 2.75) is 102 Å². The Balaban J connectivity index is 1.16. The molecule has 0 bridgehead atoms. The van der Waals surface area contributed by atoms with Crippen molar-refractivity contribution >= 4 is 28.0 Å². The van der Waals surface area contributed by atoms with Gasteiger partial charge in [-0.15, -0.1) is 0 Å². The maximum absolute atomic E-state index is 13.0. The van der Waals surface area contributed by atoms with Crippen LogP contribution in [0, 0.1) is 0 Å². The van der Waals surface area contributed by atoms with E-state index in [0.717, 1.165) is 56.3 Å². The lowest BCUT2D eigenvalue weighted by Gasteiger charge is -2.26. The van der Waals surface area contributed by atoms with E-state index >= 15 is 0 Å². The highest BCUT2D eigenvalue weighted by Gasteiger charge is 2.25. The summed E-state index contributed by atoms with van der Waals surface area (Å²) in [6.07, 6.45) is 28.0. The zero-order valence-corrected chi connectivity index (χ0v) is 27.9. The Morgan fingerprint density at radius 3 is 2.70 bits per heavy atom. The third-order valence-corrected chi connectivity index (χ3v) is 9.00. The molecule has 2 atom stereocenters. The molecular weight excluding hydrogens is 586 g/mol. The molecule has 2 N–H and O–H groups in total. The van der Waals surface area contributed by atoms with Crippen molar-refractivity contribution in [3.8, 4) is 0 Å². The van der Waals surface area contributed by atoms with Crippen LogP contribution in [0.25, 0.3) is 16.4 Å². The van der Waals surface area contributed by atoms with Crippen molar-refractivity contribution in [3.63, 3.8) is 0 Å². The molecule has 0 fully saturated rings. The Bertz CT molecular complexity index is 1700. The van der Waals surface area contributed by atoms with Gasteiger partial charge in [-0.25, -0.2) is 9.50 Å². The van der Waals surface area contributed by atoms with Gasteiger partial charge in [-0.1, -0.05) is 88.3 Å². The average Bonchev–Trinajstić information content (AvgIpc) is 3.74. The second-order valence-electron chi connectivity index (χ2n) is 12.3. The smallest absolute Gasteiger partial charge is 0.261 e. The van der Waals surface area contributed by atoms with Gasteiger partial charge < -0.3 is 10.1 Å². The summed E-state index contributed by atoms with van der Waals surface area (Å²) in [6.45, 7) is 2.26. The van der Waals surface area contributed by atoms with E-state index in [9.17, 15) is 4.79 Å². The first-order chi connectivity index (χ1) is 23.2. The van der Waals surface area contributed by atoms with Crippen molar-refractivity contribution in [2.75, 3.05) is 12.4 Å². The van der Waals surface area contributed by atoms with Crippen LogP contribution in [0.4, 0.5) is 5.69 Å². The molecule has 4 aromatic heterocycles. The summed E-state index contributed by atoms with van der Waals surface area (Å²) in [7, 11) is 1.83. The summed E-state index contributed by atoms with van der Waals surface area (Å²) in [5, 5.41) is 16.9. The van der Waals surface area contributed by atoms with Gasteiger partial charge in [0.15, 0.2) is 5.65 Å². The number of rotatable bonds is 20. The number of hydrogen-bond donors (Lipinski definition) is 2. The predicted octanol–water partition coefficient (Wildman–Crippen LogP) is 8.85. The summed E-state index contributed by atoms with van der Waals surface area (Å²) >= 11 is 0. The highest BCUT2D eigenvalue weighted by atomic mass is 16.5. The van der Waals surface area contributed by atoms with Crippen molar-refractivity contribution < 1.29 is 9.53 Å². The van der Waals surface area contributed by atoms with Gasteiger partial charge in [-0.05, 0) is 56.0 Å². The summed E-state index contributed by atoms with van der Waals surface area (Å²) in [5.74, 6) is -0.0651. The fourth-order valence-electron chi connectivity index (χ4n) is 6.38. The minimum Gasteiger partial charge on any atom is -0.380 e. The fourth-order valence-corrected chi connectivity index (χ4v) is 6.38. The molecule has 0 aliphatic heterocycles. The molecule has 248 valence electrons. The van der Waals surface area contributed by atoms with Crippen molar-refractivity contribution in [2.24, 2.45) is 0 Å². The number of amides is 1. The maximum atomic E-state index is 13.0. The summed E-state index contributed by atoms with van der Waals surface area (Å²) in [5.41, 5.74) is 3.68. The molecule has 0 aliphatic carbocycles. The van der Waals surface area contributed by atoms with Gasteiger partial charge in [0.2, 0.25) is 0 Å². The van der Waals surface area contributed by atoms with E-state index in [1.54, 1.807) is 29.2 Å². The van der Waals surface area contributed by atoms with Crippen molar-refractivity contribution in [1.82, 2.24) is 29.8 Å². The van der Waals surface area contributed by atoms with E-state index in [2.05, 4.69) is 75.0 Å². The van der Waals surface area contributed by atoms with Gasteiger partial charge in [0, 0.05) is 37.0 Å². The van der Waals surface area contributed by atoms with E-state index in [0.29, 0.717) is 16.9 Å².